The zero-order valence-electron chi connectivity index (χ0n) is 11.5. The second-order valence-electron chi connectivity index (χ2n) is 6.09. The van der Waals surface area contributed by atoms with Gasteiger partial charge in [0.25, 0.3) is 0 Å². The van der Waals surface area contributed by atoms with E-state index in [1.807, 2.05) is 13.8 Å². The molecule has 0 aromatic heterocycles. The number of hydrogen-bond acceptors (Lipinski definition) is 3. The predicted molar refractivity (Wildman–Crippen MR) is 78.3 cm³/mol. The average Bonchev–Trinajstić information content (AvgIpc) is 2.86. The van der Waals surface area contributed by atoms with Crippen LogP contribution >= 0.6 is 23.2 Å². The number of piperidine rings is 1. The molecule has 1 heterocycles. The first-order valence-corrected chi connectivity index (χ1v) is 7.34. The number of hydrogen-bond donors (Lipinski definition) is 0. The smallest absolute Gasteiger partial charge is 0.234 e. The van der Waals surface area contributed by atoms with Crippen LogP contribution in [0.15, 0.2) is 18.2 Å². The van der Waals surface area contributed by atoms with Crippen LogP contribution in [0.25, 0.3) is 0 Å². The summed E-state index contributed by atoms with van der Waals surface area (Å²) < 4.78 is 0. The fourth-order valence-corrected chi connectivity index (χ4v) is 3.62. The Morgan fingerprint density at radius 3 is 2.29 bits per heavy atom. The second kappa shape index (κ2) is 4.55. The minimum atomic E-state index is -0.363. The fourth-order valence-electron chi connectivity index (χ4n) is 3.10. The third-order valence-electron chi connectivity index (χ3n) is 4.42. The maximum atomic E-state index is 12.2. The molecule has 2 amide bonds. The SMILES string of the molecule is CC1(C)C2C(=O)N(CC(=O)c3ccc(Cl)cc3Cl)C(=O)C21. The molecule has 0 N–H and O–H groups in total. The van der Waals surface area contributed by atoms with E-state index in [0.29, 0.717) is 5.02 Å². The van der Waals surface area contributed by atoms with E-state index >= 15 is 0 Å². The molecule has 21 heavy (non-hydrogen) atoms. The van der Waals surface area contributed by atoms with Crippen molar-refractivity contribution in [2.45, 2.75) is 13.8 Å². The van der Waals surface area contributed by atoms with Crippen LogP contribution in [0.1, 0.15) is 24.2 Å². The normalized spacial score (nSPS) is 26.0. The van der Waals surface area contributed by atoms with E-state index < -0.39 is 0 Å². The number of carbonyl (C=O) groups is 3. The Kier molecular flexibility index (Phi) is 3.15. The van der Waals surface area contributed by atoms with Gasteiger partial charge < -0.3 is 0 Å². The van der Waals surface area contributed by atoms with Crippen molar-refractivity contribution in [2.24, 2.45) is 17.3 Å². The third-order valence-corrected chi connectivity index (χ3v) is 4.97. The Morgan fingerprint density at radius 1 is 1.19 bits per heavy atom. The molecule has 6 heteroatoms. The highest BCUT2D eigenvalue weighted by molar-refractivity contribution is 6.37. The molecule has 0 bridgehead atoms. The number of Topliss-reactive ketones (excluding diaryl/α,β-unsaturated/α-hetero) is 1. The van der Waals surface area contributed by atoms with E-state index in [2.05, 4.69) is 0 Å². The number of nitrogens with zero attached hydrogens (tertiary/aromatic N) is 1. The van der Waals surface area contributed by atoms with Crippen LogP contribution in [0.5, 0.6) is 0 Å². The molecular weight excluding hydrogens is 313 g/mol. The molecule has 1 aromatic rings. The number of rotatable bonds is 3. The molecule has 1 aliphatic carbocycles. The van der Waals surface area contributed by atoms with Crippen molar-refractivity contribution in [1.82, 2.24) is 4.90 Å². The largest absolute Gasteiger partial charge is 0.292 e. The average molecular weight is 326 g/mol. The van der Waals surface area contributed by atoms with Gasteiger partial charge in [-0.2, -0.15) is 0 Å². The van der Waals surface area contributed by atoms with Gasteiger partial charge in [0.2, 0.25) is 11.8 Å². The molecule has 0 spiro atoms. The monoisotopic (exact) mass is 325 g/mol. The number of imide groups is 1. The maximum absolute atomic E-state index is 12.2. The molecule has 1 saturated carbocycles. The van der Waals surface area contributed by atoms with Gasteiger partial charge >= 0.3 is 0 Å². The lowest BCUT2D eigenvalue weighted by Crippen LogP contribution is -2.39. The highest BCUT2D eigenvalue weighted by Crippen LogP contribution is 2.63. The van der Waals surface area contributed by atoms with Crippen LogP contribution in [-0.4, -0.2) is 29.0 Å². The summed E-state index contributed by atoms with van der Waals surface area (Å²) in [7, 11) is 0. The summed E-state index contributed by atoms with van der Waals surface area (Å²) in [4.78, 5) is 37.6. The zero-order valence-corrected chi connectivity index (χ0v) is 13.0. The fraction of sp³-hybridized carbons (Fsp3) is 0.400. The lowest BCUT2D eigenvalue weighted by molar-refractivity contribution is -0.142. The van der Waals surface area contributed by atoms with Gasteiger partial charge in [0, 0.05) is 10.6 Å². The lowest BCUT2D eigenvalue weighted by atomic mass is 10.0. The molecule has 3 rings (SSSR count). The molecule has 1 saturated heterocycles. The molecule has 1 aliphatic heterocycles. The molecule has 0 radical (unpaired) electrons. The summed E-state index contributed by atoms with van der Waals surface area (Å²) in [6, 6.07) is 4.52. The van der Waals surface area contributed by atoms with Gasteiger partial charge in [-0.3, -0.25) is 19.3 Å². The summed E-state index contributed by atoms with van der Waals surface area (Å²) in [6.45, 7) is 3.53. The van der Waals surface area contributed by atoms with Crippen LogP contribution in [0.4, 0.5) is 0 Å². The number of benzene rings is 1. The number of amides is 2. The lowest BCUT2D eigenvalue weighted by Gasteiger charge is -2.19. The van der Waals surface area contributed by atoms with E-state index in [4.69, 9.17) is 23.2 Å². The Labute approximate surface area is 132 Å². The van der Waals surface area contributed by atoms with Gasteiger partial charge in [-0.15, -0.1) is 0 Å². The summed E-state index contributed by atoms with van der Waals surface area (Å²) in [5.74, 6) is -1.43. The topological polar surface area (TPSA) is 54.5 Å². The molecule has 1 aromatic carbocycles. The van der Waals surface area contributed by atoms with Crippen molar-refractivity contribution < 1.29 is 14.4 Å². The van der Waals surface area contributed by atoms with Crippen LogP contribution in [0, 0.1) is 17.3 Å². The Balaban J connectivity index is 1.78. The van der Waals surface area contributed by atoms with Crippen LogP contribution < -0.4 is 0 Å². The van der Waals surface area contributed by atoms with E-state index in [1.54, 1.807) is 6.07 Å². The van der Waals surface area contributed by atoms with Gasteiger partial charge in [-0.25, -0.2) is 0 Å². The number of halogens is 2. The molecule has 110 valence electrons. The molecule has 2 atom stereocenters. The van der Waals surface area contributed by atoms with E-state index in [0.717, 1.165) is 4.90 Å². The van der Waals surface area contributed by atoms with E-state index in [-0.39, 0.29) is 52.0 Å². The van der Waals surface area contributed by atoms with Crippen LogP contribution in [0.2, 0.25) is 10.0 Å². The summed E-state index contributed by atoms with van der Waals surface area (Å²) in [5.41, 5.74) is -0.00691. The molecule has 2 aliphatic rings. The quantitative estimate of drug-likeness (QED) is 0.634. The number of fused-ring (bicyclic) bond motifs is 1. The second-order valence-corrected chi connectivity index (χ2v) is 6.93. The molecule has 2 fully saturated rings. The van der Waals surface area contributed by atoms with Gasteiger partial charge in [-0.05, 0) is 23.6 Å². The summed E-state index contributed by atoms with van der Waals surface area (Å²) in [5, 5.41) is 0.643. The highest BCUT2D eigenvalue weighted by Gasteiger charge is 2.72. The third kappa shape index (κ3) is 2.09. The highest BCUT2D eigenvalue weighted by atomic mass is 35.5. The minimum Gasteiger partial charge on any atom is -0.292 e. The number of likely N-dealkylation sites (tertiary alicyclic amines) is 1. The van der Waals surface area contributed by atoms with Crippen molar-refractivity contribution in [3.8, 4) is 0 Å². The van der Waals surface area contributed by atoms with Crippen molar-refractivity contribution in [2.75, 3.05) is 6.54 Å². The Hall–Kier alpha value is -1.39. The molecule has 4 nitrogen and oxygen atoms in total. The van der Waals surface area contributed by atoms with Crippen LogP contribution in [0.3, 0.4) is 0 Å². The van der Waals surface area contributed by atoms with Gasteiger partial charge in [0.05, 0.1) is 23.4 Å². The van der Waals surface area contributed by atoms with Gasteiger partial charge in [0.15, 0.2) is 5.78 Å². The van der Waals surface area contributed by atoms with E-state index in [9.17, 15) is 14.4 Å². The summed E-state index contributed by atoms with van der Waals surface area (Å²) >= 11 is 11.8. The predicted octanol–water partition coefficient (Wildman–Crippen LogP) is 2.82. The number of ketones is 1. The zero-order chi connectivity index (χ0) is 15.5. The van der Waals surface area contributed by atoms with Crippen LogP contribution in [-0.2, 0) is 9.59 Å². The summed E-state index contributed by atoms with van der Waals surface area (Å²) in [6.07, 6.45) is 0. The minimum absolute atomic E-state index is 0.220. The molecule has 2 unspecified atom stereocenters. The van der Waals surface area contributed by atoms with Gasteiger partial charge in [0.1, 0.15) is 0 Å². The van der Waals surface area contributed by atoms with E-state index in [1.165, 1.54) is 12.1 Å². The van der Waals surface area contributed by atoms with Crippen molar-refractivity contribution in [3.63, 3.8) is 0 Å². The standard InChI is InChI=1S/C15H13Cl2NO3/c1-15(2)11-12(15)14(21)18(13(11)20)6-10(19)8-4-3-7(16)5-9(8)17/h3-5,11-12H,6H2,1-2H3. The first-order valence-electron chi connectivity index (χ1n) is 6.58. The van der Waals surface area contributed by atoms with Crippen molar-refractivity contribution in [1.29, 1.82) is 0 Å². The first-order chi connectivity index (χ1) is 9.75. The first kappa shape index (κ1) is 14.5. The van der Waals surface area contributed by atoms with Crippen molar-refractivity contribution in [3.05, 3.63) is 33.8 Å². The number of carbonyl (C=O) groups excluding carboxylic acids is 3. The maximum Gasteiger partial charge on any atom is 0.234 e. The van der Waals surface area contributed by atoms with Gasteiger partial charge in [-0.1, -0.05) is 37.0 Å². The Bertz CT molecular complexity index is 659. The molecular formula is C15H13Cl2NO3. The Morgan fingerprint density at radius 2 is 1.76 bits per heavy atom. The van der Waals surface area contributed by atoms with Crippen molar-refractivity contribution >= 4 is 40.8 Å².